The maximum absolute atomic E-state index is 12.3. The van der Waals surface area contributed by atoms with E-state index in [0.717, 1.165) is 17.7 Å². The van der Waals surface area contributed by atoms with E-state index in [1.807, 2.05) is 6.92 Å². The molecule has 3 nitrogen and oxygen atoms in total. The zero-order valence-electron chi connectivity index (χ0n) is 9.38. The van der Waals surface area contributed by atoms with Crippen LogP contribution in [0.4, 0.5) is 13.2 Å². The molecule has 3 N–H and O–H groups in total. The fourth-order valence-corrected chi connectivity index (χ4v) is 1.35. The number of benzene rings is 1. The van der Waals surface area contributed by atoms with E-state index in [-0.39, 0.29) is 0 Å². The van der Waals surface area contributed by atoms with Gasteiger partial charge < -0.3 is 5.43 Å². The Kier molecular flexibility index (Phi) is 4.51. The van der Waals surface area contributed by atoms with Crippen LogP contribution >= 0.6 is 0 Å². The number of hydrazine groups is 1. The third-order valence-corrected chi connectivity index (χ3v) is 2.17. The molecular weight excluding hydrogens is 231 g/mol. The first kappa shape index (κ1) is 13.5. The first-order valence-electron chi connectivity index (χ1n) is 5.13. The van der Waals surface area contributed by atoms with E-state index in [9.17, 15) is 13.2 Å². The summed E-state index contributed by atoms with van der Waals surface area (Å²) in [5.74, 6) is 5.79. The lowest BCUT2D eigenvalue weighted by atomic mass is 10.1. The molecule has 0 aliphatic carbocycles. The summed E-state index contributed by atoms with van der Waals surface area (Å²) in [7, 11) is 0. The van der Waals surface area contributed by atoms with Crippen LogP contribution in [0.2, 0.25) is 0 Å². The van der Waals surface area contributed by atoms with Crippen molar-refractivity contribution in [2.45, 2.75) is 19.5 Å². The molecule has 0 spiro atoms. The maximum Gasteiger partial charge on any atom is 0.416 e. The monoisotopic (exact) mass is 245 g/mol. The van der Waals surface area contributed by atoms with Crippen molar-refractivity contribution in [1.29, 1.82) is 0 Å². The molecule has 0 radical (unpaired) electrons. The van der Waals surface area contributed by atoms with Crippen LogP contribution < -0.4 is 11.3 Å². The summed E-state index contributed by atoms with van der Waals surface area (Å²) in [6.45, 7) is 2.42. The lowest BCUT2D eigenvalue weighted by Crippen LogP contribution is -2.32. The third-order valence-electron chi connectivity index (χ3n) is 2.17. The van der Waals surface area contributed by atoms with Gasteiger partial charge in [0.25, 0.3) is 0 Å². The van der Waals surface area contributed by atoms with E-state index in [1.165, 1.54) is 12.1 Å². The summed E-state index contributed by atoms with van der Waals surface area (Å²) in [4.78, 5) is 4.07. The molecule has 0 saturated carbocycles. The highest BCUT2D eigenvalue weighted by Gasteiger charge is 2.29. The minimum absolute atomic E-state index is 0.391. The van der Waals surface area contributed by atoms with Crippen molar-refractivity contribution < 1.29 is 13.2 Å². The smallest absolute Gasteiger partial charge is 0.312 e. The molecule has 1 aromatic rings. The minimum atomic E-state index is -4.30. The highest BCUT2D eigenvalue weighted by Crippen LogP contribution is 2.29. The Balaban J connectivity index is 2.78. The van der Waals surface area contributed by atoms with Gasteiger partial charge in [0, 0.05) is 13.0 Å². The van der Waals surface area contributed by atoms with Gasteiger partial charge in [-0.25, -0.2) is 5.84 Å². The Morgan fingerprint density at radius 3 is 2.29 bits per heavy atom. The van der Waals surface area contributed by atoms with E-state index < -0.39 is 11.7 Å². The van der Waals surface area contributed by atoms with Crippen LogP contribution in [0.5, 0.6) is 0 Å². The first-order chi connectivity index (χ1) is 7.97. The van der Waals surface area contributed by atoms with Gasteiger partial charge >= 0.3 is 6.18 Å². The summed E-state index contributed by atoms with van der Waals surface area (Å²) in [6, 6.07) is 4.95. The van der Waals surface area contributed by atoms with Crippen LogP contribution in [0.1, 0.15) is 18.1 Å². The van der Waals surface area contributed by atoms with E-state index in [4.69, 9.17) is 5.84 Å². The average molecular weight is 245 g/mol. The summed E-state index contributed by atoms with van der Waals surface area (Å²) >= 11 is 0. The second kappa shape index (κ2) is 5.67. The average Bonchev–Trinajstić information content (AvgIpc) is 2.28. The predicted octanol–water partition coefficient (Wildman–Crippen LogP) is 2.13. The lowest BCUT2D eigenvalue weighted by Gasteiger charge is -2.08. The Bertz CT molecular complexity index is 382. The predicted molar refractivity (Wildman–Crippen MR) is 60.4 cm³/mol. The number of alkyl halides is 3. The molecule has 0 aliphatic heterocycles. The number of amidine groups is 1. The molecule has 1 aromatic carbocycles. The Labute approximate surface area is 97.5 Å². The molecule has 0 amide bonds. The zero-order valence-corrected chi connectivity index (χ0v) is 9.38. The fourth-order valence-electron chi connectivity index (χ4n) is 1.35. The maximum atomic E-state index is 12.3. The number of hydrogen-bond donors (Lipinski definition) is 2. The number of rotatable bonds is 3. The standard InChI is InChI=1S/C11H14F3N3/c1-2-16-10(17-15)7-8-3-5-9(6-4-8)11(12,13)14/h3-6H,2,7,15H2,1H3,(H,16,17). The lowest BCUT2D eigenvalue weighted by molar-refractivity contribution is -0.137. The van der Waals surface area contributed by atoms with Crippen LogP contribution in [0.15, 0.2) is 29.3 Å². The van der Waals surface area contributed by atoms with E-state index >= 15 is 0 Å². The molecule has 0 saturated heterocycles. The Hall–Kier alpha value is -1.56. The second-order valence-corrected chi connectivity index (χ2v) is 3.44. The first-order valence-corrected chi connectivity index (χ1v) is 5.13. The van der Waals surface area contributed by atoms with Crippen LogP contribution in [-0.2, 0) is 12.6 Å². The summed E-state index contributed by atoms with van der Waals surface area (Å²) in [5, 5.41) is 0. The summed E-state index contributed by atoms with van der Waals surface area (Å²) < 4.78 is 36.9. The summed E-state index contributed by atoms with van der Waals surface area (Å²) in [5.41, 5.74) is 2.49. The molecule has 94 valence electrons. The second-order valence-electron chi connectivity index (χ2n) is 3.44. The molecule has 0 fully saturated rings. The van der Waals surface area contributed by atoms with Crippen LogP contribution in [0.3, 0.4) is 0 Å². The van der Waals surface area contributed by atoms with Gasteiger partial charge in [0.1, 0.15) is 5.84 Å². The van der Waals surface area contributed by atoms with Crippen molar-refractivity contribution in [2.75, 3.05) is 6.54 Å². The van der Waals surface area contributed by atoms with Crippen molar-refractivity contribution in [1.82, 2.24) is 5.43 Å². The number of halogens is 3. The quantitative estimate of drug-likeness (QED) is 0.371. The number of hydrogen-bond acceptors (Lipinski definition) is 2. The SMILES string of the molecule is CCN=C(Cc1ccc(C(F)(F)F)cc1)NN. The zero-order chi connectivity index (χ0) is 12.9. The molecular formula is C11H14F3N3. The van der Waals surface area contributed by atoms with E-state index in [0.29, 0.717) is 18.8 Å². The Morgan fingerprint density at radius 2 is 1.88 bits per heavy atom. The number of aliphatic imine (C=N–C) groups is 1. The van der Waals surface area contributed by atoms with Gasteiger partial charge in [-0.1, -0.05) is 12.1 Å². The molecule has 0 atom stereocenters. The van der Waals surface area contributed by atoms with Crippen molar-refractivity contribution in [2.24, 2.45) is 10.8 Å². The topological polar surface area (TPSA) is 50.4 Å². The van der Waals surface area contributed by atoms with E-state index in [1.54, 1.807) is 0 Å². The molecule has 0 aliphatic rings. The highest BCUT2D eigenvalue weighted by atomic mass is 19.4. The van der Waals surface area contributed by atoms with Gasteiger partial charge in [0.15, 0.2) is 0 Å². The Morgan fingerprint density at radius 1 is 1.29 bits per heavy atom. The molecule has 0 unspecified atom stereocenters. The van der Waals surface area contributed by atoms with Crippen molar-refractivity contribution >= 4 is 5.84 Å². The van der Waals surface area contributed by atoms with Crippen LogP contribution in [-0.4, -0.2) is 12.4 Å². The molecule has 0 heterocycles. The van der Waals surface area contributed by atoms with Gasteiger partial charge in [-0.05, 0) is 24.6 Å². The molecule has 0 bridgehead atoms. The normalized spacial score (nSPS) is 12.6. The van der Waals surface area contributed by atoms with Crippen molar-refractivity contribution in [3.05, 3.63) is 35.4 Å². The van der Waals surface area contributed by atoms with Crippen molar-refractivity contribution in [3.63, 3.8) is 0 Å². The molecule has 0 aromatic heterocycles. The van der Waals surface area contributed by atoms with Gasteiger partial charge in [-0.3, -0.25) is 4.99 Å². The number of nitrogens with one attached hydrogen (secondary N) is 1. The van der Waals surface area contributed by atoms with Gasteiger partial charge in [0.2, 0.25) is 0 Å². The van der Waals surface area contributed by atoms with Gasteiger partial charge in [0.05, 0.1) is 5.56 Å². The van der Waals surface area contributed by atoms with Crippen molar-refractivity contribution in [3.8, 4) is 0 Å². The molecule has 6 heteroatoms. The molecule has 1 rings (SSSR count). The number of nitrogens with two attached hydrogens (primary N) is 1. The third kappa shape index (κ3) is 4.07. The highest BCUT2D eigenvalue weighted by molar-refractivity contribution is 5.83. The minimum Gasteiger partial charge on any atom is -0.312 e. The van der Waals surface area contributed by atoms with Crippen LogP contribution in [0, 0.1) is 0 Å². The molecule has 17 heavy (non-hydrogen) atoms. The van der Waals surface area contributed by atoms with Crippen LogP contribution in [0.25, 0.3) is 0 Å². The largest absolute Gasteiger partial charge is 0.416 e. The van der Waals surface area contributed by atoms with Gasteiger partial charge in [-0.2, -0.15) is 13.2 Å². The van der Waals surface area contributed by atoms with Gasteiger partial charge in [-0.15, -0.1) is 0 Å². The summed E-state index contributed by atoms with van der Waals surface area (Å²) in [6.07, 6.45) is -3.91. The number of nitrogens with zero attached hydrogens (tertiary/aromatic N) is 1. The fraction of sp³-hybridized carbons (Fsp3) is 0.364. The van der Waals surface area contributed by atoms with E-state index in [2.05, 4.69) is 10.4 Å².